The van der Waals surface area contributed by atoms with Crippen molar-refractivity contribution in [2.24, 2.45) is 0 Å². The molecule has 7 heteroatoms. The van der Waals surface area contributed by atoms with Crippen LogP contribution in [0.25, 0.3) is 0 Å². The van der Waals surface area contributed by atoms with Crippen molar-refractivity contribution in [1.82, 2.24) is 10.2 Å². The van der Waals surface area contributed by atoms with Crippen molar-refractivity contribution in [1.29, 1.82) is 0 Å². The number of aromatic nitrogens is 2. The van der Waals surface area contributed by atoms with E-state index in [9.17, 15) is 4.79 Å². The maximum atomic E-state index is 11.2. The fraction of sp³-hybridized carbons (Fsp3) is 0.706. The first-order valence-corrected chi connectivity index (χ1v) is 10.4. The van der Waals surface area contributed by atoms with E-state index in [-0.39, 0.29) is 5.97 Å². The molecule has 1 aromatic rings. The van der Waals surface area contributed by atoms with Crippen molar-refractivity contribution >= 4 is 34.2 Å². The van der Waals surface area contributed by atoms with E-state index < -0.39 is 0 Å². The number of ether oxygens (including phenoxy) is 1. The van der Waals surface area contributed by atoms with Crippen molar-refractivity contribution in [3.05, 3.63) is 12.2 Å². The van der Waals surface area contributed by atoms with Crippen molar-refractivity contribution in [3.63, 3.8) is 0 Å². The summed E-state index contributed by atoms with van der Waals surface area (Å²) in [5.41, 5.74) is 6.02. The molecule has 0 bridgehead atoms. The molecule has 0 aliphatic carbocycles. The van der Waals surface area contributed by atoms with Gasteiger partial charge in [0.1, 0.15) is 0 Å². The summed E-state index contributed by atoms with van der Waals surface area (Å²) in [5.74, 6) is 0.820. The molecule has 136 valence electrons. The van der Waals surface area contributed by atoms with Gasteiger partial charge in [0.05, 0.1) is 6.61 Å². The van der Waals surface area contributed by atoms with Crippen LogP contribution in [-0.2, 0) is 9.53 Å². The average molecular weight is 372 g/mol. The predicted octanol–water partition coefficient (Wildman–Crippen LogP) is 4.84. The van der Waals surface area contributed by atoms with Crippen LogP contribution < -0.4 is 5.73 Å². The Bertz CT molecular complexity index is 492. The van der Waals surface area contributed by atoms with Gasteiger partial charge in [0.25, 0.3) is 0 Å². The summed E-state index contributed by atoms with van der Waals surface area (Å²) in [6.07, 6.45) is 11.0. The van der Waals surface area contributed by atoms with E-state index in [2.05, 4.69) is 16.8 Å². The lowest BCUT2D eigenvalue weighted by atomic mass is 10.1. The molecule has 0 radical (unpaired) electrons. The lowest BCUT2D eigenvalue weighted by molar-refractivity contribution is -0.139. The fourth-order valence-corrected chi connectivity index (χ4v) is 3.87. The lowest BCUT2D eigenvalue weighted by Crippen LogP contribution is -2.05. The highest BCUT2D eigenvalue weighted by atomic mass is 32.2. The van der Waals surface area contributed by atoms with Crippen LogP contribution >= 0.6 is 23.1 Å². The number of anilines is 1. The van der Waals surface area contributed by atoms with Gasteiger partial charge in [-0.1, -0.05) is 74.6 Å². The number of hydrogen-bond acceptors (Lipinski definition) is 7. The normalized spacial score (nSPS) is 10.7. The summed E-state index contributed by atoms with van der Waals surface area (Å²) in [6, 6.07) is 0. The number of nitrogen functional groups attached to an aromatic ring is 1. The van der Waals surface area contributed by atoms with Crippen LogP contribution in [0.2, 0.25) is 0 Å². The molecule has 24 heavy (non-hydrogen) atoms. The highest BCUT2D eigenvalue weighted by molar-refractivity contribution is 8.01. The SMILES string of the molecule is C=C(C)C(=O)OCCCCCCCCCCCSc1nnc(N)s1. The molecule has 0 amide bonds. The smallest absolute Gasteiger partial charge is 0.333 e. The van der Waals surface area contributed by atoms with Gasteiger partial charge in [-0.3, -0.25) is 0 Å². The number of thioether (sulfide) groups is 1. The van der Waals surface area contributed by atoms with Gasteiger partial charge in [-0.05, 0) is 19.8 Å². The Hall–Kier alpha value is -1.08. The Kier molecular flexibility index (Phi) is 11.6. The van der Waals surface area contributed by atoms with E-state index in [1.54, 1.807) is 18.7 Å². The van der Waals surface area contributed by atoms with Gasteiger partial charge in [0.2, 0.25) is 5.13 Å². The van der Waals surface area contributed by atoms with Crippen LogP contribution in [0.4, 0.5) is 5.13 Å². The maximum absolute atomic E-state index is 11.2. The number of rotatable bonds is 14. The highest BCUT2D eigenvalue weighted by Crippen LogP contribution is 2.24. The molecule has 2 N–H and O–H groups in total. The Morgan fingerprint density at radius 2 is 1.67 bits per heavy atom. The van der Waals surface area contributed by atoms with E-state index in [4.69, 9.17) is 10.5 Å². The summed E-state index contributed by atoms with van der Waals surface area (Å²) in [7, 11) is 0. The van der Waals surface area contributed by atoms with Crippen molar-refractivity contribution < 1.29 is 9.53 Å². The van der Waals surface area contributed by atoms with Gasteiger partial charge < -0.3 is 10.5 Å². The molecule has 0 aromatic carbocycles. The Balaban J connectivity index is 1.77. The highest BCUT2D eigenvalue weighted by Gasteiger charge is 2.02. The van der Waals surface area contributed by atoms with E-state index in [0.29, 0.717) is 17.3 Å². The number of nitrogens with two attached hydrogens (primary N) is 1. The van der Waals surface area contributed by atoms with Crippen LogP contribution in [0.3, 0.4) is 0 Å². The molecular weight excluding hydrogens is 342 g/mol. The first kappa shape index (κ1) is 21.0. The number of esters is 1. The van der Waals surface area contributed by atoms with Crippen LogP contribution in [0, 0.1) is 0 Å². The van der Waals surface area contributed by atoms with Gasteiger partial charge in [0, 0.05) is 11.3 Å². The Labute approximate surface area is 153 Å². The van der Waals surface area contributed by atoms with Gasteiger partial charge in [-0.15, -0.1) is 10.2 Å². The number of carbonyl (C=O) groups is 1. The number of nitrogens with zero attached hydrogens (tertiary/aromatic N) is 2. The van der Waals surface area contributed by atoms with E-state index >= 15 is 0 Å². The standard InChI is InChI=1S/C17H29N3O2S2/c1-14(2)15(21)22-12-10-8-6-4-3-5-7-9-11-13-23-17-20-19-16(18)24-17/h1,3-13H2,2H3,(H2,18,19). The zero-order chi connectivity index (χ0) is 17.6. The second-order valence-corrected chi connectivity index (χ2v) is 8.20. The summed E-state index contributed by atoms with van der Waals surface area (Å²) in [4.78, 5) is 11.2. The van der Waals surface area contributed by atoms with Gasteiger partial charge in [-0.25, -0.2) is 4.79 Å². The zero-order valence-electron chi connectivity index (χ0n) is 14.6. The molecule has 0 saturated heterocycles. The Morgan fingerprint density at radius 3 is 2.21 bits per heavy atom. The second kappa shape index (κ2) is 13.2. The summed E-state index contributed by atoms with van der Waals surface area (Å²) >= 11 is 3.21. The zero-order valence-corrected chi connectivity index (χ0v) is 16.2. The number of carbonyl (C=O) groups excluding carboxylic acids is 1. The van der Waals surface area contributed by atoms with Crippen LogP contribution in [0.1, 0.15) is 64.7 Å². The minimum atomic E-state index is -0.275. The van der Waals surface area contributed by atoms with E-state index in [1.807, 2.05) is 0 Å². The molecule has 0 aliphatic rings. The fourth-order valence-electron chi connectivity index (χ4n) is 2.17. The molecule has 1 aromatic heterocycles. The summed E-state index contributed by atoms with van der Waals surface area (Å²) in [5, 5.41) is 8.35. The van der Waals surface area contributed by atoms with Gasteiger partial charge in [-0.2, -0.15) is 0 Å². The monoisotopic (exact) mass is 371 g/mol. The summed E-state index contributed by atoms with van der Waals surface area (Å²) in [6.45, 7) is 5.75. The number of unbranched alkanes of at least 4 members (excludes halogenated alkanes) is 8. The van der Waals surface area contributed by atoms with E-state index in [1.165, 1.54) is 56.3 Å². The molecule has 0 atom stereocenters. The molecule has 1 rings (SSSR count). The van der Waals surface area contributed by atoms with Crippen LogP contribution in [-0.4, -0.2) is 28.5 Å². The number of hydrogen-bond donors (Lipinski definition) is 1. The van der Waals surface area contributed by atoms with Crippen LogP contribution in [0.15, 0.2) is 16.5 Å². The molecule has 1 heterocycles. The average Bonchev–Trinajstić information content (AvgIpc) is 2.96. The Morgan fingerprint density at radius 1 is 1.08 bits per heavy atom. The summed E-state index contributed by atoms with van der Waals surface area (Å²) < 4.78 is 6.04. The third-order valence-electron chi connectivity index (χ3n) is 3.52. The second-order valence-electron chi connectivity index (χ2n) is 5.85. The third kappa shape index (κ3) is 10.6. The topological polar surface area (TPSA) is 78.1 Å². The third-order valence-corrected chi connectivity index (χ3v) is 5.49. The van der Waals surface area contributed by atoms with Crippen molar-refractivity contribution in [3.8, 4) is 0 Å². The van der Waals surface area contributed by atoms with Gasteiger partial charge in [0.15, 0.2) is 4.34 Å². The first-order valence-electron chi connectivity index (χ1n) is 8.64. The van der Waals surface area contributed by atoms with Crippen LogP contribution in [0.5, 0.6) is 0 Å². The van der Waals surface area contributed by atoms with Gasteiger partial charge >= 0.3 is 5.97 Å². The van der Waals surface area contributed by atoms with Crippen molar-refractivity contribution in [2.45, 2.75) is 69.1 Å². The minimum Gasteiger partial charge on any atom is -0.462 e. The molecule has 0 saturated carbocycles. The molecular formula is C17H29N3O2S2. The molecule has 5 nitrogen and oxygen atoms in total. The largest absolute Gasteiger partial charge is 0.462 e. The maximum Gasteiger partial charge on any atom is 0.333 e. The molecule has 0 fully saturated rings. The molecule has 0 unspecified atom stereocenters. The first-order chi connectivity index (χ1) is 11.6. The lowest BCUT2D eigenvalue weighted by Gasteiger charge is -2.04. The minimum absolute atomic E-state index is 0.275. The van der Waals surface area contributed by atoms with E-state index in [0.717, 1.165) is 22.9 Å². The molecule has 0 spiro atoms. The van der Waals surface area contributed by atoms with Crippen molar-refractivity contribution in [2.75, 3.05) is 18.1 Å². The molecule has 0 aliphatic heterocycles. The quantitative estimate of drug-likeness (QED) is 0.218. The predicted molar refractivity (Wildman–Crippen MR) is 102 cm³/mol.